The van der Waals surface area contributed by atoms with E-state index in [0.717, 1.165) is 12.4 Å². The summed E-state index contributed by atoms with van der Waals surface area (Å²) in [5.74, 6) is 1.72. The van der Waals surface area contributed by atoms with E-state index in [1.165, 1.54) is 12.8 Å². The van der Waals surface area contributed by atoms with Gasteiger partial charge in [0.2, 0.25) is 5.91 Å². The molecular formula is C14H23N3O2. The second-order valence-electron chi connectivity index (χ2n) is 5.28. The Hall–Kier alpha value is -1.36. The van der Waals surface area contributed by atoms with Crippen molar-refractivity contribution < 1.29 is 9.53 Å². The third-order valence-corrected chi connectivity index (χ3v) is 3.69. The smallest absolute Gasteiger partial charge is 0.245 e. The summed E-state index contributed by atoms with van der Waals surface area (Å²) in [6, 6.07) is -0.196. The molecule has 0 N–H and O–H groups in total. The molecule has 0 aromatic carbocycles. The number of hydrogen-bond donors (Lipinski definition) is 0. The Morgan fingerprint density at radius 1 is 1.63 bits per heavy atom. The quantitative estimate of drug-likeness (QED) is 0.753. The van der Waals surface area contributed by atoms with Gasteiger partial charge in [-0.1, -0.05) is 0 Å². The number of aromatic nitrogens is 2. The Labute approximate surface area is 114 Å². The number of carbonyl (C=O) groups excluding carboxylic acids is 1. The largest absolute Gasteiger partial charge is 0.383 e. The zero-order chi connectivity index (χ0) is 13.8. The van der Waals surface area contributed by atoms with E-state index in [2.05, 4.69) is 4.98 Å². The molecule has 0 spiro atoms. The molecule has 19 heavy (non-hydrogen) atoms. The van der Waals surface area contributed by atoms with E-state index in [0.29, 0.717) is 19.1 Å². The molecule has 1 atom stereocenters. The van der Waals surface area contributed by atoms with Crippen molar-refractivity contribution in [1.82, 2.24) is 14.5 Å². The fourth-order valence-corrected chi connectivity index (χ4v) is 2.29. The molecule has 0 aliphatic heterocycles. The molecular weight excluding hydrogens is 242 g/mol. The summed E-state index contributed by atoms with van der Waals surface area (Å²) < 4.78 is 7.03. The number of nitrogens with zero attached hydrogens (tertiary/aromatic N) is 3. The maximum atomic E-state index is 12.6. The first kappa shape index (κ1) is 14.1. The molecule has 1 amide bonds. The van der Waals surface area contributed by atoms with Gasteiger partial charge in [0, 0.05) is 32.6 Å². The van der Waals surface area contributed by atoms with Gasteiger partial charge < -0.3 is 14.2 Å². The highest BCUT2D eigenvalue weighted by Gasteiger charge is 2.29. The van der Waals surface area contributed by atoms with Crippen molar-refractivity contribution in [2.45, 2.75) is 32.7 Å². The summed E-state index contributed by atoms with van der Waals surface area (Å²) in [6.07, 6.45) is 6.09. The van der Waals surface area contributed by atoms with E-state index in [-0.39, 0.29) is 11.9 Å². The highest BCUT2D eigenvalue weighted by atomic mass is 16.5. The molecule has 1 aliphatic rings. The van der Waals surface area contributed by atoms with Gasteiger partial charge in [-0.15, -0.1) is 0 Å². The number of hydrogen-bond acceptors (Lipinski definition) is 3. The zero-order valence-corrected chi connectivity index (χ0v) is 12.0. The lowest BCUT2D eigenvalue weighted by Gasteiger charge is -2.26. The molecule has 106 valence electrons. The monoisotopic (exact) mass is 265 g/mol. The summed E-state index contributed by atoms with van der Waals surface area (Å²) in [6.45, 7) is 5.98. The van der Waals surface area contributed by atoms with Crippen LogP contribution in [0.4, 0.5) is 0 Å². The highest BCUT2D eigenvalue weighted by Crippen LogP contribution is 2.30. The topological polar surface area (TPSA) is 47.4 Å². The van der Waals surface area contributed by atoms with Crippen LogP contribution in [0.1, 0.15) is 31.6 Å². The minimum atomic E-state index is -0.196. The molecule has 1 aromatic heterocycles. The molecule has 0 radical (unpaired) electrons. The minimum absolute atomic E-state index is 0.157. The van der Waals surface area contributed by atoms with E-state index < -0.39 is 0 Å². The lowest BCUT2D eigenvalue weighted by atomic mass is 10.2. The van der Waals surface area contributed by atoms with Crippen LogP contribution in [-0.2, 0) is 9.53 Å². The summed E-state index contributed by atoms with van der Waals surface area (Å²) in [5.41, 5.74) is 0. The van der Waals surface area contributed by atoms with E-state index >= 15 is 0 Å². The number of carbonyl (C=O) groups is 1. The van der Waals surface area contributed by atoms with Crippen LogP contribution >= 0.6 is 0 Å². The van der Waals surface area contributed by atoms with Crippen molar-refractivity contribution >= 4 is 5.91 Å². The van der Waals surface area contributed by atoms with Gasteiger partial charge in [0.1, 0.15) is 11.9 Å². The third kappa shape index (κ3) is 3.56. The lowest BCUT2D eigenvalue weighted by molar-refractivity contribution is -0.135. The number of aryl methyl sites for hydroxylation is 1. The van der Waals surface area contributed by atoms with Crippen molar-refractivity contribution in [3.05, 3.63) is 18.2 Å². The molecule has 2 rings (SSSR count). The van der Waals surface area contributed by atoms with Crippen molar-refractivity contribution in [3.8, 4) is 0 Å². The molecule has 5 heteroatoms. The zero-order valence-electron chi connectivity index (χ0n) is 12.0. The predicted octanol–water partition coefficient (Wildman–Crippen LogP) is 1.64. The van der Waals surface area contributed by atoms with Gasteiger partial charge in [-0.2, -0.15) is 0 Å². The molecule has 1 aliphatic carbocycles. The summed E-state index contributed by atoms with van der Waals surface area (Å²) in [5, 5.41) is 0. The van der Waals surface area contributed by atoms with Gasteiger partial charge in [-0.3, -0.25) is 4.79 Å². The van der Waals surface area contributed by atoms with Crippen LogP contribution in [0.2, 0.25) is 0 Å². The summed E-state index contributed by atoms with van der Waals surface area (Å²) in [4.78, 5) is 18.7. The van der Waals surface area contributed by atoms with Gasteiger partial charge >= 0.3 is 0 Å². The van der Waals surface area contributed by atoms with Crippen LogP contribution in [-0.4, -0.2) is 47.2 Å². The molecule has 1 saturated carbocycles. The Morgan fingerprint density at radius 2 is 2.37 bits per heavy atom. The maximum Gasteiger partial charge on any atom is 0.245 e. The average Bonchev–Trinajstić information content (AvgIpc) is 3.12. The number of ether oxygens (including phenoxy) is 1. The average molecular weight is 265 g/mol. The van der Waals surface area contributed by atoms with Crippen LogP contribution in [0.3, 0.4) is 0 Å². The molecule has 1 heterocycles. The third-order valence-electron chi connectivity index (χ3n) is 3.69. The van der Waals surface area contributed by atoms with Crippen molar-refractivity contribution in [2.75, 3.05) is 26.8 Å². The van der Waals surface area contributed by atoms with Crippen molar-refractivity contribution in [3.63, 3.8) is 0 Å². The Morgan fingerprint density at radius 3 is 2.89 bits per heavy atom. The first-order valence-electron chi connectivity index (χ1n) is 6.90. The molecule has 1 fully saturated rings. The molecule has 0 saturated heterocycles. The van der Waals surface area contributed by atoms with Crippen LogP contribution in [0.15, 0.2) is 12.4 Å². The first-order chi connectivity index (χ1) is 9.13. The van der Waals surface area contributed by atoms with E-state index in [4.69, 9.17) is 4.74 Å². The first-order valence-corrected chi connectivity index (χ1v) is 6.90. The Kier molecular flexibility index (Phi) is 4.58. The number of methoxy groups -OCH3 is 1. The fourth-order valence-electron chi connectivity index (χ4n) is 2.29. The SMILES string of the molecule is COCCN(CC1CC1)C(=O)C(C)n1ccnc1C. The minimum Gasteiger partial charge on any atom is -0.383 e. The van der Waals surface area contributed by atoms with Gasteiger partial charge in [-0.25, -0.2) is 4.98 Å². The van der Waals surface area contributed by atoms with Crippen LogP contribution in [0.25, 0.3) is 0 Å². The Balaban J connectivity index is 2.02. The molecule has 1 unspecified atom stereocenters. The normalized spacial score (nSPS) is 16.4. The lowest BCUT2D eigenvalue weighted by Crippen LogP contribution is -2.39. The highest BCUT2D eigenvalue weighted by molar-refractivity contribution is 5.80. The van der Waals surface area contributed by atoms with Gasteiger partial charge in [0.25, 0.3) is 0 Å². The van der Waals surface area contributed by atoms with E-state index in [9.17, 15) is 4.79 Å². The molecule has 1 aromatic rings. The number of rotatable bonds is 7. The van der Waals surface area contributed by atoms with Crippen LogP contribution < -0.4 is 0 Å². The summed E-state index contributed by atoms with van der Waals surface area (Å²) >= 11 is 0. The number of amides is 1. The van der Waals surface area contributed by atoms with Crippen molar-refractivity contribution in [2.24, 2.45) is 5.92 Å². The van der Waals surface area contributed by atoms with Crippen molar-refractivity contribution in [1.29, 1.82) is 0 Å². The van der Waals surface area contributed by atoms with Gasteiger partial charge in [0.05, 0.1) is 6.61 Å². The molecule has 0 bridgehead atoms. The Bertz CT molecular complexity index is 426. The standard InChI is InChI=1S/C14H23N3O2/c1-11(17-7-6-15-12(17)2)14(18)16(8-9-19-3)10-13-4-5-13/h6-7,11,13H,4-5,8-10H2,1-3H3. The van der Waals surface area contributed by atoms with E-state index in [1.807, 2.05) is 29.5 Å². The van der Waals surface area contributed by atoms with Crippen LogP contribution in [0, 0.1) is 12.8 Å². The van der Waals surface area contributed by atoms with E-state index in [1.54, 1.807) is 13.3 Å². The summed E-state index contributed by atoms with van der Waals surface area (Å²) in [7, 11) is 1.67. The second kappa shape index (κ2) is 6.19. The fraction of sp³-hybridized carbons (Fsp3) is 0.714. The predicted molar refractivity (Wildman–Crippen MR) is 72.9 cm³/mol. The van der Waals surface area contributed by atoms with Gasteiger partial charge in [0.15, 0.2) is 0 Å². The van der Waals surface area contributed by atoms with Crippen LogP contribution in [0.5, 0.6) is 0 Å². The second-order valence-corrected chi connectivity index (χ2v) is 5.28. The maximum absolute atomic E-state index is 12.6. The van der Waals surface area contributed by atoms with Gasteiger partial charge in [-0.05, 0) is 32.6 Å². The number of imidazole rings is 1. The molecule has 5 nitrogen and oxygen atoms in total.